The molecule has 3 aromatic rings. The first-order valence-corrected chi connectivity index (χ1v) is 11.8. The summed E-state index contributed by atoms with van der Waals surface area (Å²) in [6, 6.07) is 7.74. The van der Waals surface area contributed by atoms with Crippen molar-refractivity contribution >= 4 is 23.2 Å². The minimum Gasteiger partial charge on any atom is -0.497 e. The number of carbonyl (C=O) groups is 1. The maximum atomic E-state index is 12.8. The summed E-state index contributed by atoms with van der Waals surface area (Å²) in [5.41, 5.74) is 0.193. The number of hydrogen-bond donors (Lipinski definition) is 1. The number of halogens is 3. The van der Waals surface area contributed by atoms with Crippen molar-refractivity contribution in [3.8, 4) is 11.5 Å². The minimum absolute atomic E-state index is 0.114. The van der Waals surface area contributed by atoms with Crippen molar-refractivity contribution in [2.45, 2.75) is 19.5 Å². The van der Waals surface area contributed by atoms with Gasteiger partial charge in [0.05, 0.1) is 12.0 Å². The van der Waals surface area contributed by atoms with E-state index in [9.17, 15) is 18.0 Å². The van der Waals surface area contributed by atoms with Crippen LogP contribution in [0.25, 0.3) is 0 Å². The maximum Gasteiger partial charge on any atom is 0.573 e. The highest BCUT2D eigenvalue weighted by molar-refractivity contribution is 7.14. The van der Waals surface area contributed by atoms with Crippen LogP contribution < -0.4 is 19.7 Å². The molecule has 188 valence electrons. The van der Waals surface area contributed by atoms with Gasteiger partial charge in [-0.05, 0) is 24.3 Å². The Kier molecular flexibility index (Phi) is 7.51. The van der Waals surface area contributed by atoms with E-state index in [1.165, 1.54) is 30.6 Å². The number of aryl methyl sites for hydroxylation is 1. The number of methoxy groups -OCH3 is 1. The summed E-state index contributed by atoms with van der Waals surface area (Å²) in [5.74, 6) is 0.423. The number of anilines is 1. The van der Waals surface area contributed by atoms with Crippen molar-refractivity contribution in [2.24, 2.45) is 7.05 Å². The van der Waals surface area contributed by atoms with E-state index in [2.05, 4.69) is 24.8 Å². The lowest BCUT2D eigenvalue weighted by Crippen LogP contribution is -2.46. The van der Waals surface area contributed by atoms with Crippen molar-refractivity contribution < 1.29 is 27.4 Å². The SMILES string of the molecule is COc1ccc(CNC(=O)c2ccc(CN3CCN(c4nccn4C)CC3)s2)c(OC(F)(F)F)c1. The van der Waals surface area contributed by atoms with Crippen LogP contribution in [0.4, 0.5) is 19.1 Å². The summed E-state index contributed by atoms with van der Waals surface area (Å²) in [5, 5.41) is 2.68. The molecule has 0 spiro atoms. The number of nitrogens with zero attached hydrogens (tertiary/aromatic N) is 4. The second-order valence-electron chi connectivity index (χ2n) is 8.07. The van der Waals surface area contributed by atoms with E-state index in [1.807, 2.05) is 23.9 Å². The fraction of sp³-hybridized carbons (Fsp3) is 0.391. The van der Waals surface area contributed by atoms with Crippen molar-refractivity contribution in [2.75, 3.05) is 38.2 Å². The number of alkyl halides is 3. The molecule has 0 aliphatic carbocycles. The van der Waals surface area contributed by atoms with Crippen LogP contribution in [0.15, 0.2) is 42.7 Å². The van der Waals surface area contributed by atoms with Crippen molar-refractivity contribution in [1.82, 2.24) is 19.8 Å². The highest BCUT2D eigenvalue weighted by Gasteiger charge is 2.32. The fourth-order valence-electron chi connectivity index (χ4n) is 3.86. The average Bonchev–Trinajstić information content (AvgIpc) is 3.46. The summed E-state index contributed by atoms with van der Waals surface area (Å²) in [4.78, 5) is 23.2. The van der Waals surface area contributed by atoms with Crippen LogP contribution in [0.5, 0.6) is 11.5 Å². The van der Waals surface area contributed by atoms with Crippen LogP contribution in [0.3, 0.4) is 0 Å². The normalized spacial score (nSPS) is 14.7. The lowest BCUT2D eigenvalue weighted by atomic mass is 10.2. The molecule has 1 amide bonds. The van der Waals surface area contributed by atoms with Crippen LogP contribution in [0.1, 0.15) is 20.1 Å². The highest BCUT2D eigenvalue weighted by Crippen LogP contribution is 2.30. The largest absolute Gasteiger partial charge is 0.573 e. The van der Waals surface area contributed by atoms with Gasteiger partial charge in [-0.2, -0.15) is 0 Å². The van der Waals surface area contributed by atoms with Crippen LogP contribution in [-0.2, 0) is 20.1 Å². The second-order valence-corrected chi connectivity index (χ2v) is 9.24. The lowest BCUT2D eigenvalue weighted by Gasteiger charge is -2.35. The third-order valence-corrected chi connectivity index (χ3v) is 6.72. The van der Waals surface area contributed by atoms with E-state index < -0.39 is 12.1 Å². The number of piperazine rings is 1. The summed E-state index contributed by atoms with van der Waals surface area (Å²) < 4.78 is 49.4. The first-order chi connectivity index (χ1) is 16.7. The minimum atomic E-state index is -4.85. The molecule has 3 heterocycles. The van der Waals surface area contributed by atoms with Crippen LogP contribution >= 0.6 is 11.3 Å². The molecule has 1 aromatic carbocycles. The number of thiophene rings is 1. The standard InChI is InChI=1S/C23H26F3N5O3S/c1-29-8-7-27-22(29)31-11-9-30(10-12-31)15-18-5-6-20(35-18)21(32)28-14-16-3-4-17(33-2)13-19(16)34-23(24,25)26/h3-8,13H,9-12,14-15H2,1-2H3,(H,28,32). The molecule has 4 rings (SSSR count). The Morgan fingerprint density at radius 1 is 1.17 bits per heavy atom. The monoisotopic (exact) mass is 509 g/mol. The van der Waals surface area contributed by atoms with E-state index in [1.54, 1.807) is 12.3 Å². The number of amides is 1. The molecule has 0 atom stereocenters. The molecular formula is C23H26F3N5O3S. The van der Waals surface area contributed by atoms with Crippen LogP contribution in [0, 0.1) is 0 Å². The van der Waals surface area contributed by atoms with Gasteiger partial charge in [-0.15, -0.1) is 24.5 Å². The van der Waals surface area contributed by atoms with Gasteiger partial charge in [0.2, 0.25) is 5.95 Å². The number of aromatic nitrogens is 2. The summed E-state index contributed by atoms with van der Waals surface area (Å²) in [6.07, 6.45) is -1.13. The molecule has 1 saturated heterocycles. The summed E-state index contributed by atoms with van der Waals surface area (Å²) >= 11 is 1.38. The molecule has 8 nitrogen and oxygen atoms in total. The summed E-state index contributed by atoms with van der Waals surface area (Å²) in [7, 11) is 3.33. The molecule has 1 aliphatic heterocycles. The first-order valence-electron chi connectivity index (χ1n) is 11.0. The Morgan fingerprint density at radius 2 is 1.94 bits per heavy atom. The van der Waals surface area contributed by atoms with Gasteiger partial charge in [-0.3, -0.25) is 9.69 Å². The Hall–Kier alpha value is -3.25. The van der Waals surface area contributed by atoms with Crippen molar-refractivity contribution in [3.05, 3.63) is 58.0 Å². The van der Waals surface area contributed by atoms with Crippen molar-refractivity contribution in [3.63, 3.8) is 0 Å². The zero-order valence-electron chi connectivity index (χ0n) is 19.3. The number of ether oxygens (including phenoxy) is 2. The number of nitrogens with one attached hydrogen (secondary N) is 1. The predicted octanol–water partition coefficient (Wildman–Crippen LogP) is 3.64. The first kappa shape index (κ1) is 24.9. The van der Waals surface area contributed by atoms with E-state index >= 15 is 0 Å². The topological polar surface area (TPSA) is 71.9 Å². The molecule has 0 saturated carbocycles. The molecular weight excluding hydrogens is 483 g/mol. The Bertz CT molecular complexity index is 1160. The zero-order chi connectivity index (χ0) is 25.0. The van der Waals surface area contributed by atoms with Gasteiger partial charge in [0.15, 0.2) is 0 Å². The van der Waals surface area contributed by atoms with Gasteiger partial charge in [-0.25, -0.2) is 4.98 Å². The Labute approximate surface area is 204 Å². The third-order valence-electron chi connectivity index (χ3n) is 5.66. The molecule has 1 fully saturated rings. The Morgan fingerprint density at radius 3 is 2.60 bits per heavy atom. The molecule has 1 aliphatic rings. The number of rotatable bonds is 8. The van der Waals surface area contributed by atoms with Gasteiger partial charge >= 0.3 is 6.36 Å². The third kappa shape index (κ3) is 6.45. The van der Waals surface area contributed by atoms with E-state index in [0.29, 0.717) is 4.88 Å². The molecule has 1 N–H and O–H groups in total. The molecule has 2 aromatic heterocycles. The smallest absolute Gasteiger partial charge is 0.497 e. The quantitative estimate of drug-likeness (QED) is 0.500. The maximum absolute atomic E-state index is 12.8. The van der Waals surface area contributed by atoms with E-state index in [0.717, 1.165) is 49.6 Å². The Balaban J connectivity index is 1.31. The zero-order valence-corrected chi connectivity index (χ0v) is 20.2. The molecule has 35 heavy (non-hydrogen) atoms. The molecule has 0 unspecified atom stereocenters. The van der Waals surface area contributed by atoms with Crippen molar-refractivity contribution in [1.29, 1.82) is 0 Å². The van der Waals surface area contributed by atoms with Crippen LogP contribution in [-0.4, -0.2) is 60.0 Å². The number of imidazole rings is 1. The van der Waals surface area contributed by atoms with E-state index in [4.69, 9.17) is 4.74 Å². The van der Waals surface area contributed by atoms with Gasteiger partial charge in [0.25, 0.3) is 5.91 Å². The van der Waals surface area contributed by atoms with Crippen LogP contribution in [0.2, 0.25) is 0 Å². The van der Waals surface area contributed by atoms with Gasteiger partial charge in [-0.1, -0.05) is 0 Å². The second kappa shape index (κ2) is 10.6. The highest BCUT2D eigenvalue weighted by atomic mass is 32.1. The average molecular weight is 510 g/mol. The molecule has 0 radical (unpaired) electrons. The van der Waals surface area contributed by atoms with E-state index in [-0.39, 0.29) is 23.8 Å². The predicted molar refractivity (Wildman–Crippen MR) is 126 cm³/mol. The number of hydrogen-bond acceptors (Lipinski definition) is 7. The van der Waals surface area contributed by atoms with Gasteiger partial charge < -0.3 is 24.3 Å². The molecule has 12 heteroatoms. The van der Waals surface area contributed by atoms with Gasteiger partial charge in [0.1, 0.15) is 11.5 Å². The fourth-order valence-corrected chi connectivity index (χ4v) is 4.83. The van der Waals surface area contributed by atoms with Gasteiger partial charge in [0, 0.05) is 75.2 Å². The molecule has 0 bridgehead atoms. The summed E-state index contributed by atoms with van der Waals surface area (Å²) in [6.45, 7) is 4.12. The number of carbonyl (C=O) groups excluding carboxylic acids is 1. The number of benzene rings is 1. The lowest BCUT2D eigenvalue weighted by molar-refractivity contribution is -0.274.